The van der Waals surface area contributed by atoms with E-state index in [4.69, 9.17) is 10.5 Å². The molecular weight excluding hydrogens is 204 g/mol. The van der Waals surface area contributed by atoms with Gasteiger partial charge in [0, 0.05) is 13.1 Å². The van der Waals surface area contributed by atoms with Crippen LogP contribution in [-0.4, -0.2) is 35.2 Å². The zero-order valence-corrected chi connectivity index (χ0v) is 10.9. The minimum atomic E-state index is -0.431. The van der Waals surface area contributed by atoms with Crippen LogP contribution in [0.1, 0.15) is 47.0 Å². The molecule has 1 saturated heterocycles. The number of hydrogen-bond acceptors (Lipinski definition) is 3. The lowest BCUT2D eigenvalue weighted by atomic mass is 9.81. The summed E-state index contributed by atoms with van der Waals surface area (Å²) >= 11 is 0. The first-order chi connectivity index (χ1) is 7.34. The van der Waals surface area contributed by atoms with E-state index in [1.54, 1.807) is 4.90 Å². The van der Waals surface area contributed by atoms with Gasteiger partial charge in [0.1, 0.15) is 5.60 Å². The second-order valence-corrected chi connectivity index (χ2v) is 5.56. The lowest BCUT2D eigenvalue weighted by molar-refractivity contribution is -0.0446. The van der Waals surface area contributed by atoms with Crippen LogP contribution in [0, 0.1) is 0 Å². The fourth-order valence-corrected chi connectivity index (χ4v) is 2.18. The Morgan fingerprint density at radius 3 is 2.44 bits per heavy atom. The van der Waals surface area contributed by atoms with Crippen LogP contribution in [-0.2, 0) is 4.74 Å². The molecule has 2 N–H and O–H groups in total. The van der Waals surface area contributed by atoms with Crippen LogP contribution >= 0.6 is 0 Å². The molecule has 0 radical (unpaired) electrons. The molecule has 1 atom stereocenters. The molecule has 1 amide bonds. The van der Waals surface area contributed by atoms with Gasteiger partial charge in [-0.1, -0.05) is 13.3 Å². The third-order valence-electron chi connectivity index (χ3n) is 3.08. The van der Waals surface area contributed by atoms with Gasteiger partial charge in [-0.15, -0.1) is 0 Å². The van der Waals surface area contributed by atoms with E-state index in [9.17, 15) is 4.79 Å². The summed E-state index contributed by atoms with van der Waals surface area (Å²) in [6.07, 6.45) is 2.77. The average Bonchev–Trinajstić information content (AvgIpc) is 2.08. The molecule has 4 heteroatoms. The van der Waals surface area contributed by atoms with Gasteiger partial charge in [0.05, 0.1) is 5.54 Å². The van der Waals surface area contributed by atoms with E-state index in [-0.39, 0.29) is 11.6 Å². The molecular formula is C12H24N2O2. The normalized spacial score (nSPS) is 25.2. The first-order valence-electron chi connectivity index (χ1n) is 6.05. The number of rotatable bonds is 3. The molecule has 1 rings (SSSR count). The Morgan fingerprint density at radius 2 is 2.12 bits per heavy atom. The number of ether oxygens (including phenoxy) is 1. The largest absolute Gasteiger partial charge is 0.444 e. The van der Waals surface area contributed by atoms with Gasteiger partial charge in [0.2, 0.25) is 0 Å². The molecule has 1 heterocycles. The van der Waals surface area contributed by atoms with Gasteiger partial charge < -0.3 is 15.4 Å². The minimum Gasteiger partial charge on any atom is -0.444 e. The van der Waals surface area contributed by atoms with E-state index in [1.807, 2.05) is 20.8 Å². The first-order valence-corrected chi connectivity index (χ1v) is 6.05. The molecule has 0 aromatic heterocycles. The van der Waals surface area contributed by atoms with Crippen molar-refractivity contribution in [3.8, 4) is 0 Å². The molecule has 1 aliphatic heterocycles. The number of carbonyl (C=O) groups is 1. The Bertz CT molecular complexity index is 256. The first kappa shape index (κ1) is 13.3. The third kappa shape index (κ3) is 2.67. The van der Waals surface area contributed by atoms with Gasteiger partial charge in [-0.3, -0.25) is 0 Å². The predicted octanol–water partition coefficient (Wildman–Crippen LogP) is 2.12. The summed E-state index contributed by atoms with van der Waals surface area (Å²) in [5, 5.41) is 0. The maximum absolute atomic E-state index is 11.9. The predicted molar refractivity (Wildman–Crippen MR) is 64.3 cm³/mol. The molecule has 0 bridgehead atoms. The number of amides is 1. The summed E-state index contributed by atoms with van der Waals surface area (Å²) in [4.78, 5) is 13.7. The maximum atomic E-state index is 11.9. The second kappa shape index (κ2) is 4.62. The van der Waals surface area contributed by atoms with Crippen LogP contribution in [0.15, 0.2) is 0 Å². The molecule has 0 aliphatic carbocycles. The van der Waals surface area contributed by atoms with Crippen molar-refractivity contribution < 1.29 is 9.53 Å². The van der Waals surface area contributed by atoms with Crippen molar-refractivity contribution in [2.24, 2.45) is 5.73 Å². The van der Waals surface area contributed by atoms with E-state index >= 15 is 0 Å². The van der Waals surface area contributed by atoms with Crippen molar-refractivity contribution in [3.05, 3.63) is 0 Å². The Hall–Kier alpha value is -0.770. The van der Waals surface area contributed by atoms with Crippen LogP contribution in [0.3, 0.4) is 0 Å². The molecule has 0 unspecified atom stereocenters. The van der Waals surface area contributed by atoms with E-state index in [0.29, 0.717) is 6.54 Å². The summed E-state index contributed by atoms with van der Waals surface area (Å²) < 4.78 is 5.38. The molecule has 0 saturated carbocycles. The van der Waals surface area contributed by atoms with E-state index < -0.39 is 5.60 Å². The zero-order chi connectivity index (χ0) is 12.4. The number of nitrogens with two attached hydrogens (primary N) is 1. The van der Waals surface area contributed by atoms with Gasteiger partial charge >= 0.3 is 6.09 Å². The molecule has 4 nitrogen and oxygen atoms in total. The van der Waals surface area contributed by atoms with Crippen LogP contribution < -0.4 is 5.73 Å². The Labute approximate surface area is 98.1 Å². The molecule has 94 valence electrons. The van der Waals surface area contributed by atoms with Crippen LogP contribution in [0.4, 0.5) is 4.79 Å². The molecule has 1 fully saturated rings. The highest BCUT2D eigenvalue weighted by molar-refractivity contribution is 5.70. The molecule has 0 spiro atoms. The average molecular weight is 228 g/mol. The summed E-state index contributed by atoms with van der Waals surface area (Å²) in [6.45, 7) is 9.06. The van der Waals surface area contributed by atoms with Gasteiger partial charge in [-0.05, 0) is 33.6 Å². The topological polar surface area (TPSA) is 55.6 Å². The fraction of sp³-hybridized carbons (Fsp3) is 0.917. The number of likely N-dealkylation sites (tertiary alicyclic amines) is 1. The van der Waals surface area contributed by atoms with E-state index in [2.05, 4.69) is 6.92 Å². The molecule has 16 heavy (non-hydrogen) atoms. The molecule has 0 aromatic rings. The lowest BCUT2D eigenvalue weighted by Crippen LogP contribution is -2.66. The Balaban J connectivity index is 2.63. The number of carbonyl (C=O) groups excluding carboxylic acids is 1. The summed E-state index contributed by atoms with van der Waals surface area (Å²) in [5.74, 6) is 0. The lowest BCUT2D eigenvalue weighted by Gasteiger charge is -2.52. The van der Waals surface area contributed by atoms with Gasteiger partial charge in [-0.25, -0.2) is 4.79 Å². The van der Waals surface area contributed by atoms with Crippen molar-refractivity contribution in [1.29, 1.82) is 0 Å². The second-order valence-electron chi connectivity index (χ2n) is 5.56. The highest BCUT2D eigenvalue weighted by Crippen LogP contribution is 2.35. The van der Waals surface area contributed by atoms with Crippen molar-refractivity contribution in [1.82, 2.24) is 4.90 Å². The molecule has 1 aliphatic rings. The number of nitrogens with zero attached hydrogens (tertiary/aromatic N) is 1. The van der Waals surface area contributed by atoms with Gasteiger partial charge in [-0.2, -0.15) is 0 Å². The van der Waals surface area contributed by atoms with Crippen LogP contribution in [0.5, 0.6) is 0 Å². The summed E-state index contributed by atoms with van der Waals surface area (Å²) in [6, 6.07) is 0. The van der Waals surface area contributed by atoms with E-state index in [1.165, 1.54) is 0 Å². The quantitative estimate of drug-likeness (QED) is 0.805. The minimum absolute atomic E-state index is 0.142. The highest BCUT2D eigenvalue weighted by Gasteiger charge is 2.47. The third-order valence-corrected chi connectivity index (χ3v) is 3.08. The monoisotopic (exact) mass is 228 g/mol. The standard InChI is InChI=1S/C12H24N2O2/c1-5-6-12(9-13)7-8-14(12)10(15)16-11(2,3)4/h5-9,13H2,1-4H3/t12-/m0/s1. The Morgan fingerprint density at radius 1 is 1.50 bits per heavy atom. The maximum Gasteiger partial charge on any atom is 0.410 e. The zero-order valence-electron chi connectivity index (χ0n) is 10.9. The smallest absolute Gasteiger partial charge is 0.410 e. The van der Waals surface area contributed by atoms with Crippen LogP contribution in [0.25, 0.3) is 0 Å². The highest BCUT2D eigenvalue weighted by atomic mass is 16.6. The van der Waals surface area contributed by atoms with Gasteiger partial charge in [0.15, 0.2) is 0 Å². The van der Waals surface area contributed by atoms with Crippen molar-refractivity contribution in [3.63, 3.8) is 0 Å². The SMILES string of the molecule is CCC[C@@]1(CN)CCN1C(=O)OC(C)(C)C. The van der Waals surface area contributed by atoms with Crippen molar-refractivity contribution in [2.75, 3.05) is 13.1 Å². The van der Waals surface area contributed by atoms with Crippen molar-refractivity contribution >= 4 is 6.09 Å². The van der Waals surface area contributed by atoms with Gasteiger partial charge in [0.25, 0.3) is 0 Å². The van der Waals surface area contributed by atoms with Crippen molar-refractivity contribution in [2.45, 2.75) is 58.1 Å². The Kier molecular flexibility index (Phi) is 3.84. The number of hydrogen-bond donors (Lipinski definition) is 1. The molecule has 0 aromatic carbocycles. The fourth-order valence-electron chi connectivity index (χ4n) is 2.18. The summed E-state index contributed by atoms with van der Waals surface area (Å²) in [7, 11) is 0. The summed E-state index contributed by atoms with van der Waals surface area (Å²) in [5.41, 5.74) is 5.22. The van der Waals surface area contributed by atoms with E-state index in [0.717, 1.165) is 25.8 Å². The van der Waals surface area contributed by atoms with Crippen LogP contribution in [0.2, 0.25) is 0 Å².